The van der Waals surface area contributed by atoms with Gasteiger partial charge in [-0.1, -0.05) is 25.5 Å². The van der Waals surface area contributed by atoms with E-state index in [1.165, 1.54) is 5.56 Å². The molecule has 1 aromatic carbocycles. The van der Waals surface area contributed by atoms with Crippen molar-refractivity contribution in [2.24, 2.45) is 0 Å². The van der Waals surface area contributed by atoms with Gasteiger partial charge in [-0.15, -0.1) is 0 Å². The molecule has 0 saturated carbocycles. The molecular weight excluding hydrogens is 540 g/mol. The van der Waals surface area contributed by atoms with Crippen molar-refractivity contribution in [1.82, 2.24) is 33.9 Å². The van der Waals surface area contributed by atoms with E-state index in [1.54, 1.807) is 10.6 Å². The quantitative estimate of drug-likeness (QED) is 0.257. The number of aryl methyl sites for hydroxylation is 2. The summed E-state index contributed by atoms with van der Waals surface area (Å²) < 4.78 is 9.78. The number of hydrogen-bond acceptors (Lipinski definition) is 7. The molecule has 43 heavy (non-hydrogen) atoms. The zero-order valence-electron chi connectivity index (χ0n) is 25.5. The fourth-order valence-corrected chi connectivity index (χ4v) is 5.81. The average Bonchev–Trinajstić information content (AvgIpc) is 3.57. The van der Waals surface area contributed by atoms with E-state index < -0.39 is 0 Å². The van der Waals surface area contributed by atoms with Gasteiger partial charge in [0.15, 0.2) is 0 Å². The average molecular weight is 581 g/mol. The van der Waals surface area contributed by atoms with Gasteiger partial charge >= 0.3 is 0 Å². The smallest absolute Gasteiger partial charge is 0.274 e. The molecule has 0 aliphatic carbocycles. The lowest BCUT2D eigenvalue weighted by atomic mass is 10.1. The Bertz CT molecular complexity index is 1720. The lowest BCUT2D eigenvalue weighted by Crippen LogP contribution is -2.50. The molecule has 0 radical (unpaired) electrons. The van der Waals surface area contributed by atoms with E-state index in [0.717, 1.165) is 67.1 Å². The summed E-state index contributed by atoms with van der Waals surface area (Å²) in [5, 5.41) is 8.80. The van der Waals surface area contributed by atoms with Gasteiger partial charge in [0.25, 0.3) is 5.91 Å². The Morgan fingerprint density at radius 3 is 2.79 bits per heavy atom. The molecular formula is C33H40N8O2. The molecule has 1 saturated heterocycles. The molecule has 1 amide bonds. The van der Waals surface area contributed by atoms with Gasteiger partial charge in [0.05, 0.1) is 35.3 Å². The number of anilines is 1. The number of amides is 1. The molecule has 1 fully saturated rings. The normalized spacial score (nSPS) is 16.2. The minimum Gasteiger partial charge on any atom is -0.492 e. The maximum Gasteiger partial charge on any atom is 0.274 e. The molecule has 4 aromatic heterocycles. The van der Waals surface area contributed by atoms with Gasteiger partial charge in [-0.2, -0.15) is 5.10 Å². The SMILES string of the molecule is CCCc1ccc(Cn2nc(C)c3c(NC(=O)c4cnc5cc(OCCN6CCN(C)[C@@H](C)C6)ccn45)cccc32)nc1. The Morgan fingerprint density at radius 1 is 1.12 bits per heavy atom. The number of benzene rings is 1. The van der Waals surface area contributed by atoms with Crippen molar-refractivity contribution in [1.29, 1.82) is 0 Å². The largest absolute Gasteiger partial charge is 0.492 e. The first kappa shape index (κ1) is 28.8. The first-order valence-corrected chi connectivity index (χ1v) is 15.1. The summed E-state index contributed by atoms with van der Waals surface area (Å²) in [7, 11) is 2.18. The van der Waals surface area contributed by atoms with Crippen molar-refractivity contribution < 1.29 is 9.53 Å². The number of fused-ring (bicyclic) bond motifs is 2. The van der Waals surface area contributed by atoms with Crippen molar-refractivity contribution >= 4 is 28.1 Å². The van der Waals surface area contributed by atoms with Gasteiger partial charge in [-0.05, 0) is 57.1 Å². The summed E-state index contributed by atoms with van der Waals surface area (Å²) in [6.45, 7) is 11.6. The van der Waals surface area contributed by atoms with Gasteiger partial charge in [0.1, 0.15) is 23.7 Å². The molecule has 1 N–H and O–H groups in total. The van der Waals surface area contributed by atoms with Crippen LogP contribution < -0.4 is 10.1 Å². The van der Waals surface area contributed by atoms with Gasteiger partial charge < -0.3 is 15.0 Å². The maximum absolute atomic E-state index is 13.5. The van der Waals surface area contributed by atoms with Crippen molar-refractivity contribution in [3.8, 4) is 5.75 Å². The highest BCUT2D eigenvalue weighted by Gasteiger charge is 2.21. The fourth-order valence-electron chi connectivity index (χ4n) is 5.81. The fraction of sp³-hybridized carbons (Fsp3) is 0.394. The van der Waals surface area contributed by atoms with E-state index in [9.17, 15) is 4.79 Å². The van der Waals surface area contributed by atoms with Crippen LogP contribution in [0.4, 0.5) is 5.69 Å². The van der Waals surface area contributed by atoms with Crippen molar-refractivity contribution in [3.63, 3.8) is 0 Å². The van der Waals surface area contributed by atoms with Gasteiger partial charge in [0, 0.05) is 56.1 Å². The van der Waals surface area contributed by atoms with E-state index in [-0.39, 0.29) is 5.91 Å². The third kappa shape index (κ3) is 6.25. The number of nitrogens with zero attached hydrogens (tertiary/aromatic N) is 7. The second-order valence-corrected chi connectivity index (χ2v) is 11.5. The highest BCUT2D eigenvalue weighted by molar-refractivity contribution is 6.08. The van der Waals surface area contributed by atoms with Crippen LogP contribution in [0.25, 0.3) is 16.6 Å². The number of hydrogen-bond donors (Lipinski definition) is 1. The minimum absolute atomic E-state index is 0.238. The number of piperazine rings is 1. The van der Waals surface area contributed by atoms with Crippen LogP contribution in [-0.4, -0.2) is 85.7 Å². The Labute approximate surface area is 252 Å². The molecule has 5 aromatic rings. The summed E-state index contributed by atoms with van der Waals surface area (Å²) >= 11 is 0. The van der Waals surface area contributed by atoms with E-state index in [4.69, 9.17) is 9.84 Å². The topological polar surface area (TPSA) is 92.8 Å². The standard InChI is InChI=1S/C33H40N8O2/c1-5-7-25-10-11-26(34-19-25)22-41-29-9-6-8-28(32(29)24(3)37-41)36-33(42)30-20-35-31-18-27(12-13-40(30)31)43-17-16-39-15-14-38(4)23(2)21-39/h6,8-13,18-20,23H,5,7,14-17,21-22H2,1-4H3,(H,36,42)/t23-/m0/s1. The molecule has 1 aliphatic heterocycles. The van der Waals surface area contributed by atoms with E-state index in [0.29, 0.717) is 36.2 Å². The lowest BCUT2D eigenvalue weighted by Gasteiger charge is -2.37. The van der Waals surface area contributed by atoms with E-state index >= 15 is 0 Å². The molecule has 0 unspecified atom stereocenters. The second-order valence-electron chi connectivity index (χ2n) is 11.5. The van der Waals surface area contributed by atoms with Gasteiger partial charge in [0.2, 0.25) is 0 Å². The van der Waals surface area contributed by atoms with E-state index in [2.05, 4.69) is 58.1 Å². The molecule has 0 spiro atoms. The predicted molar refractivity (Wildman–Crippen MR) is 169 cm³/mol. The maximum atomic E-state index is 13.5. The van der Waals surface area contributed by atoms with Crippen LogP contribution in [0.3, 0.4) is 0 Å². The first-order valence-electron chi connectivity index (χ1n) is 15.1. The van der Waals surface area contributed by atoms with Crippen LogP contribution in [0.5, 0.6) is 5.75 Å². The highest BCUT2D eigenvalue weighted by atomic mass is 16.5. The summed E-state index contributed by atoms with van der Waals surface area (Å²) in [6.07, 6.45) is 7.51. The zero-order valence-corrected chi connectivity index (χ0v) is 25.5. The number of likely N-dealkylation sites (N-methyl/N-ethyl adjacent to an activating group) is 1. The van der Waals surface area contributed by atoms with Crippen LogP contribution in [0, 0.1) is 6.92 Å². The van der Waals surface area contributed by atoms with Crippen LogP contribution in [0.2, 0.25) is 0 Å². The number of imidazole rings is 1. The number of ether oxygens (including phenoxy) is 1. The second kappa shape index (κ2) is 12.5. The predicted octanol–water partition coefficient (Wildman–Crippen LogP) is 4.66. The Kier molecular flexibility index (Phi) is 8.40. The van der Waals surface area contributed by atoms with Crippen molar-refractivity contribution in [2.75, 3.05) is 45.2 Å². The number of pyridine rings is 2. The highest BCUT2D eigenvalue weighted by Crippen LogP contribution is 2.28. The number of aromatic nitrogens is 5. The molecule has 10 nitrogen and oxygen atoms in total. The van der Waals surface area contributed by atoms with Crippen LogP contribution >= 0.6 is 0 Å². The van der Waals surface area contributed by atoms with Crippen molar-refractivity contribution in [3.05, 3.63) is 83.7 Å². The van der Waals surface area contributed by atoms with Crippen LogP contribution in [0.15, 0.2) is 61.1 Å². The molecule has 5 heterocycles. The first-order chi connectivity index (χ1) is 20.9. The van der Waals surface area contributed by atoms with Crippen molar-refractivity contribution in [2.45, 2.75) is 46.2 Å². The lowest BCUT2D eigenvalue weighted by molar-refractivity contribution is 0.0928. The summed E-state index contributed by atoms with van der Waals surface area (Å²) in [4.78, 5) is 27.4. The monoisotopic (exact) mass is 580 g/mol. The summed E-state index contributed by atoms with van der Waals surface area (Å²) in [5.41, 5.74) is 5.80. The third-order valence-electron chi connectivity index (χ3n) is 8.38. The number of carbonyl (C=O) groups excluding carboxylic acids is 1. The Morgan fingerprint density at radius 2 is 2.00 bits per heavy atom. The van der Waals surface area contributed by atoms with Gasteiger partial charge in [-0.3, -0.25) is 23.8 Å². The third-order valence-corrected chi connectivity index (χ3v) is 8.38. The molecule has 224 valence electrons. The summed E-state index contributed by atoms with van der Waals surface area (Å²) in [6, 6.07) is 14.4. The number of rotatable bonds is 10. The Balaban J connectivity index is 1.13. The molecule has 0 bridgehead atoms. The molecule has 6 rings (SSSR count). The van der Waals surface area contributed by atoms with Crippen LogP contribution in [-0.2, 0) is 13.0 Å². The van der Waals surface area contributed by atoms with Gasteiger partial charge in [-0.25, -0.2) is 4.98 Å². The molecule has 1 atom stereocenters. The Hall–Kier alpha value is -4.28. The van der Waals surface area contributed by atoms with E-state index in [1.807, 2.05) is 54.3 Å². The summed E-state index contributed by atoms with van der Waals surface area (Å²) in [5.74, 6) is 0.507. The number of nitrogens with one attached hydrogen (secondary N) is 1. The van der Waals surface area contributed by atoms with Crippen LogP contribution in [0.1, 0.15) is 47.7 Å². The molecule has 1 aliphatic rings. The number of carbonyl (C=O) groups is 1. The molecule has 10 heteroatoms. The zero-order chi connectivity index (χ0) is 29.9. The minimum atomic E-state index is -0.238.